The van der Waals surface area contributed by atoms with Gasteiger partial charge < -0.3 is 15.4 Å². The Morgan fingerprint density at radius 3 is 2.71 bits per heavy atom. The Morgan fingerprint density at radius 1 is 1.50 bits per heavy atom. The summed E-state index contributed by atoms with van der Waals surface area (Å²) in [5.74, 6) is 0. The molecule has 5 heteroatoms. The quantitative estimate of drug-likeness (QED) is 0.529. The first-order valence-corrected chi connectivity index (χ1v) is 6.41. The molecular formula is C9H18N2OS2. The largest absolute Gasteiger partial charge is 0.383 e. The predicted molar refractivity (Wildman–Crippen MR) is 66.0 cm³/mol. The molecule has 0 aliphatic heterocycles. The van der Waals surface area contributed by atoms with Gasteiger partial charge in [0.15, 0.2) is 5.11 Å². The molecule has 1 fully saturated rings. The van der Waals surface area contributed by atoms with Crippen molar-refractivity contribution in [2.75, 3.05) is 33.1 Å². The summed E-state index contributed by atoms with van der Waals surface area (Å²) in [7, 11) is 1.69. The molecule has 0 saturated heterocycles. The van der Waals surface area contributed by atoms with Gasteiger partial charge in [-0.2, -0.15) is 11.8 Å². The van der Waals surface area contributed by atoms with Gasteiger partial charge in [-0.15, -0.1) is 0 Å². The van der Waals surface area contributed by atoms with E-state index in [9.17, 15) is 0 Å². The Hall–Kier alpha value is 0. The highest BCUT2D eigenvalue weighted by molar-refractivity contribution is 8.00. The van der Waals surface area contributed by atoms with E-state index in [-0.39, 0.29) is 0 Å². The van der Waals surface area contributed by atoms with Gasteiger partial charge in [0.25, 0.3) is 0 Å². The maximum absolute atomic E-state index is 5.12. The van der Waals surface area contributed by atoms with Crippen LogP contribution in [-0.4, -0.2) is 42.9 Å². The standard InChI is InChI=1S/C9H18N2OS2/c1-12-6-5-10-8(13)11-7-9(14-2)3-4-9/h3-7H2,1-2H3,(H2,10,11,13). The van der Waals surface area contributed by atoms with E-state index >= 15 is 0 Å². The summed E-state index contributed by atoms with van der Waals surface area (Å²) >= 11 is 7.06. The van der Waals surface area contributed by atoms with Crippen LogP contribution in [0.4, 0.5) is 0 Å². The van der Waals surface area contributed by atoms with E-state index in [1.165, 1.54) is 12.8 Å². The van der Waals surface area contributed by atoms with Crippen LogP contribution in [0.15, 0.2) is 0 Å². The van der Waals surface area contributed by atoms with Crippen LogP contribution in [-0.2, 0) is 4.74 Å². The number of rotatable bonds is 6. The summed E-state index contributed by atoms with van der Waals surface area (Å²) in [5, 5.41) is 7.07. The molecule has 0 spiro atoms. The van der Waals surface area contributed by atoms with Crippen molar-refractivity contribution in [3.63, 3.8) is 0 Å². The third kappa shape index (κ3) is 4.02. The molecule has 1 saturated carbocycles. The van der Waals surface area contributed by atoms with Crippen LogP contribution in [0.3, 0.4) is 0 Å². The molecule has 0 aromatic heterocycles. The third-order valence-electron chi connectivity index (χ3n) is 2.40. The summed E-state index contributed by atoms with van der Waals surface area (Å²) in [6.45, 7) is 2.44. The van der Waals surface area contributed by atoms with Crippen molar-refractivity contribution in [1.82, 2.24) is 10.6 Å². The van der Waals surface area contributed by atoms with Crippen LogP contribution >= 0.6 is 24.0 Å². The molecule has 0 aromatic rings. The fourth-order valence-electron chi connectivity index (χ4n) is 1.16. The maximum atomic E-state index is 5.12. The molecule has 0 atom stereocenters. The van der Waals surface area contributed by atoms with Crippen molar-refractivity contribution in [1.29, 1.82) is 0 Å². The molecule has 0 bridgehead atoms. The van der Waals surface area contributed by atoms with Crippen molar-refractivity contribution < 1.29 is 4.74 Å². The van der Waals surface area contributed by atoms with E-state index in [0.717, 1.165) is 18.2 Å². The molecule has 82 valence electrons. The van der Waals surface area contributed by atoms with Gasteiger partial charge in [0.1, 0.15) is 0 Å². The van der Waals surface area contributed by atoms with Gasteiger partial charge in [-0.3, -0.25) is 0 Å². The molecule has 0 radical (unpaired) electrons. The molecule has 0 aromatic carbocycles. The maximum Gasteiger partial charge on any atom is 0.166 e. The van der Waals surface area contributed by atoms with E-state index < -0.39 is 0 Å². The van der Waals surface area contributed by atoms with Crippen LogP contribution < -0.4 is 10.6 Å². The predicted octanol–water partition coefficient (Wildman–Crippen LogP) is 0.992. The van der Waals surface area contributed by atoms with Gasteiger partial charge in [0, 0.05) is 24.9 Å². The Labute approximate surface area is 95.3 Å². The van der Waals surface area contributed by atoms with Crippen LogP contribution in [0, 0.1) is 0 Å². The summed E-state index contributed by atoms with van der Waals surface area (Å²) in [6, 6.07) is 0. The smallest absolute Gasteiger partial charge is 0.166 e. The van der Waals surface area contributed by atoms with Crippen molar-refractivity contribution in [3.8, 4) is 0 Å². The van der Waals surface area contributed by atoms with E-state index in [4.69, 9.17) is 17.0 Å². The second kappa shape index (κ2) is 5.78. The highest BCUT2D eigenvalue weighted by Crippen LogP contribution is 2.46. The Kier molecular flexibility index (Phi) is 4.98. The van der Waals surface area contributed by atoms with Gasteiger partial charge in [0.05, 0.1) is 6.61 Å². The van der Waals surface area contributed by atoms with Gasteiger partial charge in [-0.05, 0) is 31.3 Å². The minimum atomic E-state index is 0.465. The lowest BCUT2D eigenvalue weighted by molar-refractivity contribution is 0.204. The monoisotopic (exact) mass is 234 g/mol. The number of thioether (sulfide) groups is 1. The number of hydrogen-bond acceptors (Lipinski definition) is 3. The summed E-state index contributed by atoms with van der Waals surface area (Å²) in [5.41, 5.74) is 0. The van der Waals surface area contributed by atoms with Crippen LogP contribution in [0.25, 0.3) is 0 Å². The van der Waals surface area contributed by atoms with Crippen LogP contribution in [0.2, 0.25) is 0 Å². The third-order valence-corrected chi connectivity index (χ3v) is 4.11. The number of thiocarbonyl (C=S) groups is 1. The molecule has 14 heavy (non-hydrogen) atoms. The lowest BCUT2D eigenvalue weighted by Crippen LogP contribution is -2.40. The second-order valence-corrected chi connectivity index (χ2v) is 5.17. The van der Waals surface area contributed by atoms with Crippen molar-refractivity contribution in [2.45, 2.75) is 17.6 Å². The van der Waals surface area contributed by atoms with Gasteiger partial charge in [-0.25, -0.2) is 0 Å². The fraction of sp³-hybridized carbons (Fsp3) is 0.889. The number of nitrogens with one attached hydrogen (secondary N) is 2. The molecule has 2 N–H and O–H groups in total. The van der Waals surface area contributed by atoms with Crippen LogP contribution in [0.5, 0.6) is 0 Å². The molecular weight excluding hydrogens is 216 g/mol. The SMILES string of the molecule is COCCNC(=S)NCC1(SC)CC1. The summed E-state index contributed by atoms with van der Waals surface area (Å²) in [4.78, 5) is 0. The number of hydrogen-bond donors (Lipinski definition) is 2. The minimum absolute atomic E-state index is 0.465. The fourth-order valence-corrected chi connectivity index (χ4v) is 2.06. The van der Waals surface area contributed by atoms with E-state index in [0.29, 0.717) is 11.4 Å². The van der Waals surface area contributed by atoms with Gasteiger partial charge >= 0.3 is 0 Å². The zero-order valence-electron chi connectivity index (χ0n) is 8.76. The molecule has 0 unspecified atom stereocenters. The van der Waals surface area contributed by atoms with Crippen molar-refractivity contribution >= 4 is 29.1 Å². The first kappa shape index (κ1) is 12.1. The lowest BCUT2D eigenvalue weighted by atomic mass is 10.4. The molecule has 3 nitrogen and oxygen atoms in total. The molecule has 1 aliphatic rings. The molecule has 1 rings (SSSR count). The lowest BCUT2D eigenvalue weighted by Gasteiger charge is -2.15. The highest BCUT2D eigenvalue weighted by Gasteiger charge is 2.41. The summed E-state index contributed by atoms with van der Waals surface area (Å²) in [6.07, 6.45) is 4.78. The van der Waals surface area contributed by atoms with E-state index in [2.05, 4.69) is 16.9 Å². The van der Waals surface area contributed by atoms with Gasteiger partial charge in [0.2, 0.25) is 0 Å². The summed E-state index contributed by atoms with van der Waals surface area (Å²) < 4.78 is 5.38. The Balaban J connectivity index is 2.03. The highest BCUT2D eigenvalue weighted by atomic mass is 32.2. The average Bonchev–Trinajstić information content (AvgIpc) is 2.96. The normalized spacial score (nSPS) is 17.6. The zero-order chi connectivity index (χ0) is 10.4. The molecule has 0 heterocycles. The average molecular weight is 234 g/mol. The topological polar surface area (TPSA) is 33.3 Å². The number of methoxy groups -OCH3 is 1. The van der Waals surface area contributed by atoms with Gasteiger partial charge in [-0.1, -0.05) is 0 Å². The van der Waals surface area contributed by atoms with Crippen molar-refractivity contribution in [3.05, 3.63) is 0 Å². The molecule has 1 aliphatic carbocycles. The van der Waals surface area contributed by atoms with Crippen molar-refractivity contribution in [2.24, 2.45) is 0 Å². The first-order valence-electron chi connectivity index (χ1n) is 4.78. The van der Waals surface area contributed by atoms with E-state index in [1.807, 2.05) is 11.8 Å². The zero-order valence-corrected chi connectivity index (χ0v) is 10.4. The van der Waals surface area contributed by atoms with Crippen LogP contribution in [0.1, 0.15) is 12.8 Å². The number of ether oxygens (including phenoxy) is 1. The second-order valence-electron chi connectivity index (χ2n) is 3.49. The minimum Gasteiger partial charge on any atom is -0.383 e. The molecule has 0 amide bonds. The Morgan fingerprint density at radius 2 is 2.21 bits per heavy atom. The first-order chi connectivity index (χ1) is 6.72. The Bertz CT molecular complexity index is 195. The van der Waals surface area contributed by atoms with E-state index in [1.54, 1.807) is 7.11 Å².